The van der Waals surface area contributed by atoms with E-state index in [0.29, 0.717) is 6.61 Å². The fourth-order valence-corrected chi connectivity index (χ4v) is 2.76. The molecule has 0 spiro atoms. The number of halogens is 2. The second-order valence-corrected chi connectivity index (χ2v) is 6.23. The second kappa shape index (κ2) is 12.2. The lowest BCUT2D eigenvalue weighted by Crippen LogP contribution is -2.12. The fourth-order valence-electron chi connectivity index (χ4n) is 2.76. The van der Waals surface area contributed by atoms with E-state index >= 15 is 0 Å². The summed E-state index contributed by atoms with van der Waals surface area (Å²) in [7, 11) is 1.67. The maximum absolute atomic E-state index is 5.94. The summed E-state index contributed by atoms with van der Waals surface area (Å²) in [6.45, 7) is 4.14. The van der Waals surface area contributed by atoms with Crippen LogP contribution in [0.5, 0.6) is 11.5 Å². The lowest BCUT2D eigenvalue weighted by Gasteiger charge is -2.13. The number of nitrogens with one attached hydrogen (secondary N) is 1. The van der Waals surface area contributed by atoms with Crippen LogP contribution in [0.1, 0.15) is 22.3 Å². The molecule has 0 amide bonds. The Hall–Kier alpha value is -2.27. The molecule has 1 N–H and O–H groups in total. The number of ether oxygens (including phenoxy) is 2. The van der Waals surface area contributed by atoms with Gasteiger partial charge < -0.3 is 14.8 Å². The van der Waals surface area contributed by atoms with Crippen LogP contribution in [-0.4, -0.2) is 12.1 Å². The standard InChI is InChI=1S/C22H24N2O2.2ClH/c1-17-5-3-6-19(11-17)16-26-21-9-8-18(12-22(21)25-2)13-24-15-20-7-4-10-23-14-20;;/h3-12,14,24H,13,15-16H2,1-2H3;2*1H. The van der Waals surface area contributed by atoms with Gasteiger partial charge in [-0.3, -0.25) is 4.98 Å². The molecule has 1 heterocycles. The highest BCUT2D eigenvalue weighted by Gasteiger charge is 2.06. The first kappa shape index (κ1) is 23.8. The Labute approximate surface area is 179 Å². The van der Waals surface area contributed by atoms with Crippen LogP contribution in [-0.2, 0) is 19.7 Å². The fraction of sp³-hybridized carbons (Fsp3) is 0.227. The van der Waals surface area contributed by atoms with Crippen LogP contribution >= 0.6 is 24.8 Å². The second-order valence-electron chi connectivity index (χ2n) is 6.23. The molecule has 0 fully saturated rings. The molecule has 150 valence electrons. The number of aromatic nitrogens is 1. The van der Waals surface area contributed by atoms with Gasteiger partial charge in [0.05, 0.1) is 7.11 Å². The molecule has 6 heteroatoms. The van der Waals surface area contributed by atoms with Gasteiger partial charge in [-0.05, 0) is 41.8 Å². The van der Waals surface area contributed by atoms with Gasteiger partial charge in [-0.2, -0.15) is 0 Å². The summed E-state index contributed by atoms with van der Waals surface area (Å²) in [4.78, 5) is 4.12. The Morgan fingerprint density at radius 1 is 0.857 bits per heavy atom. The van der Waals surface area contributed by atoms with Gasteiger partial charge in [0, 0.05) is 25.5 Å². The van der Waals surface area contributed by atoms with Gasteiger partial charge in [-0.25, -0.2) is 0 Å². The minimum absolute atomic E-state index is 0. The summed E-state index contributed by atoms with van der Waals surface area (Å²) in [6, 6.07) is 18.4. The predicted molar refractivity (Wildman–Crippen MR) is 118 cm³/mol. The summed E-state index contributed by atoms with van der Waals surface area (Å²) in [5, 5.41) is 3.42. The molecule has 28 heavy (non-hydrogen) atoms. The third-order valence-electron chi connectivity index (χ3n) is 4.09. The largest absolute Gasteiger partial charge is 0.493 e. The number of nitrogens with zero attached hydrogens (tertiary/aromatic N) is 1. The Morgan fingerprint density at radius 3 is 2.36 bits per heavy atom. The van der Waals surface area contributed by atoms with E-state index in [1.165, 1.54) is 5.56 Å². The molecule has 0 aliphatic rings. The van der Waals surface area contributed by atoms with Crippen molar-refractivity contribution in [3.63, 3.8) is 0 Å². The Morgan fingerprint density at radius 2 is 1.64 bits per heavy atom. The van der Waals surface area contributed by atoms with Crippen molar-refractivity contribution in [2.24, 2.45) is 0 Å². The lowest BCUT2D eigenvalue weighted by atomic mass is 10.1. The molecule has 0 saturated heterocycles. The lowest BCUT2D eigenvalue weighted by molar-refractivity contribution is 0.284. The van der Waals surface area contributed by atoms with Gasteiger partial charge >= 0.3 is 0 Å². The van der Waals surface area contributed by atoms with Gasteiger partial charge in [0.25, 0.3) is 0 Å². The van der Waals surface area contributed by atoms with Crippen LogP contribution in [0.4, 0.5) is 0 Å². The highest BCUT2D eigenvalue weighted by atomic mass is 35.5. The first-order valence-corrected chi connectivity index (χ1v) is 8.69. The first-order valence-electron chi connectivity index (χ1n) is 8.69. The summed E-state index contributed by atoms with van der Waals surface area (Å²) < 4.78 is 11.4. The number of hydrogen-bond acceptors (Lipinski definition) is 4. The van der Waals surface area contributed by atoms with Crippen LogP contribution in [0, 0.1) is 6.92 Å². The maximum Gasteiger partial charge on any atom is 0.161 e. The zero-order valence-electron chi connectivity index (χ0n) is 16.1. The van der Waals surface area contributed by atoms with Crippen molar-refractivity contribution in [1.82, 2.24) is 10.3 Å². The van der Waals surface area contributed by atoms with E-state index < -0.39 is 0 Å². The molecule has 0 saturated carbocycles. The third-order valence-corrected chi connectivity index (χ3v) is 4.09. The SMILES string of the molecule is COc1cc(CNCc2cccnc2)ccc1OCc1cccc(C)c1.Cl.Cl. The van der Waals surface area contributed by atoms with Gasteiger partial charge in [-0.15, -0.1) is 24.8 Å². The average molecular weight is 421 g/mol. The van der Waals surface area contributed by atoms with Crippen molar-refractivity contribution in [3.05, 3.63) is 89.2 Å². The van der Waals surface area contributed by atoms with E-state index in [2.05, 4.69) is 47.6 Å². The first-order chi connectivity index (χ1) is 12.7. The maximum atomic E-state index is 5.94. The molecule has 0 radical (unpaired) electrons. The van der Waals surface area contributed by atoms with E-state index in [1.54, 1.807) is 13.3 Å². The van der Waals surface area contributed by atoms with Crippen LogP contribution in [0.15, 0.2) is 67.0 Å². The monoisotopic (exact) mass is 420 g/mol. The molecule has 0 unspecified atom stereocenters. The van der Waals surface area contributed by atoms with Crippen LogP contribution in [0.25, 0.3) is 0 Å². The van der Waals surface area contributed by atoms with E-state index in [9.17, 15) is 0 Å². The molecule has 4 nitrogen and oxygen atoms in total. The molecule has 0 aliphatic carbocycles. The van der Waals surface area contributed by atoms with Crippen molar-refractivity contribution >= 4 is 24.8 Å². The Balaban J connectivity index is 0.00000196. The topological polar surface area (TPSA) is 43.4 Å². The van der Waals surface area contributed by atoms with E-state index in [0.717, 1.165) is 41.3 Å². The quantitative estimate of drug-likeness (QED) is 0.549. The van der Waals surface area contributed by atoms with Crippen LogP contribution in [0.2, 0.25) is 0 Å². The number of methoxy groups -OCH3 is 1. The summed E-state index contributed by atoms with van der Waals surface area (Å²) in [5.74, 6) is 1.50. The number of benzene rings is 2. The molecule has 0 bridgehead atoms. The van der Waals surface area contributed by atoms with Crippen molar-refractivity contribution in [3.8, 4) is 11.5 Å². The van der Waals surface area contributed by atoms with Crippen molar-refractivity contribution < 1.29 is 9.47 Å². The molecule has 0 atom stereocenters. The normalized spacial score (nSPS) is 9.79. The highest BCUT2D eigenvalue weighted by molar-refractivity contribution is 5.85. The van der Waals surface area contributed by atoms with Gasteiger partial charge in [0.2, 0.25) is 0 Å². The average Bonchev–Trinajstić information content (AvgIpc) is 2.67. The Bertz CT molecular complexity index is 845. The predicted octanol–water partition coefficient (Wildman–Crippen LogP) is 5.11. The van der Waals surface area contributed by atoms with Crippen LogP contribution < -0.4 is 14.8 Å². The smallest absolute Gasteiger partial charge is 0.161 e. The summed E-state index contributed by atoms with van der Waals surface area (Å²) >= 11 is 0. The number of pyridine rings is 1. The molecule has 2 aromatic carbocycles. The van der Waals surface area contributed by atoms with Crippen molar-refractivity contribution in [1.29, 1.82) is 0 Å². The summed E-state index contributed by atoms with van der Waals surface area (Å²) in [6.07, 6.45) is 3.65. The van der Waals surface area contributed by atoms with Gasteiger partial charge in [0.15, 0.2) is 11.5 Å². The van der Waals surface area contributed by atoms with Gasteiger partial charge in [0.1, 0.15) is 6.61 Å². The van der Waals surface area contributed by atoms with Crippen LogP contribution in [0.3, 0.4) is 0 Å². The van der Waals surface area contributed by atoms with Gasteiger partial charge in [-0.1, -0.05) is 42.0 Å². The molecular weight excluding hydrogens is 395 g/mol. The minimum Gasteiger partial charge on any atom is -0.493 e. The number of hydrogen-bond donors (Lipinski definition) is 1. The van der Waals surface area contributed by atoms with Crippen molar-refractivity contribution in [2.45, 2.75) is 26.6 Å². The van der Waals surface area contributed by atoms with E-state index in [1.807, 2.05) is 30.5 Å². The number of rotatable bonds is 8. The third kappa shape index (κ3) is 7.04. The molecular formula is C22H26Cl2N2O2. The van der Waals surface area contributed by atoms with E-state index in [4.69, 9.17) is 9.47 Å². The zero-order chi connectivity index (χ0) is 18.2. The molecule has 3 rings (SSSR count). The summed E-state index contributed by atoms with van der Waals surface area (Å²) in [5.41, 5.74) is 4.69. The zero-order valence-corrected chi connectivity index (χ0v) is 17.7. The van der Waals surface area contributed by atoms with E-state index in [-0.39, 0.29) is 24.8 Å². The highest BCUT2D eigenvalue weighted by Crippen LogP contribution is 2.29. The molecule has 0 aliphatic heterocycles. The Kier molecular flexibility index (Phi) is 10.4. The minimum atomic E-state index is 0. The molecule has 1 aromatic heterocycles. The van der Waals surface area contributed by atoms with Crippen molar-refractivity contribution in [2.75, 3.05) is 7.11 Å². The number of aryl methyl sites for hydroxylation is 1. The molecule has 3 aromatic rings.